The molecule has 6 nitrogen and oxygen atoms in total. The molecule has 0 saturated heterocycles. The molecule has 120 valence electrons. The van der Waals surface area contributed by atoms with Crippen molar-refractivity contribution in [1.29, 1.82) is 0 Å². The van der Waals surface area contributed by atoms with Crippen molar-refractivity contribution in [2.45, 2.75) is 39.2 Å². The Morgan fingerprint density at radius 1 is 1.30 bits per heavy atom. The summed E-state index contributed by atoms with van der Waals surface area (Å²) in [5.41, 5.74) is 3.03. The average molecular weight is 312 g/mol. The number of nitrogens with one attached hydrogen (secondary N) is 2. The molecule has 2 aromatic heterocycles. The number of aromatic nitrogens is 3. The quantitative estimate of drug-likeness (QED) is 0.886. The second kappa shape index (κ2) is 4.24. The smallest absolute Gasteiger partial charge is 0.266 e. The fourth-order valence-electron chi connectivity index (χ4n) is 4.82. The van der Waals surface area contributed by atoms with Crippen molar-refractivity contribution in [3.8, 4) is 0 Å². The van der Waals surface area contributed by atoms with Gasteiger partial charge in [0.05, 0.1) is 6.42 Å². The summed E-state index contributed by atoms with van der Waals surface area (Å²) in [6.07, 6.45) is 2.94. The first kappa shape index (κ1) is 13.3. The molecule has 2 aromatic rings. The first-order valence-electron chi connectivity index (χ1n) is 8.40. The highest BCUT2D eigenvalue weighted by Crippen LogP contribution is 2.69. The third kappa shape index (κ3) is 1.90. The van der Waals surface area contributed by atoms with E-state index in [1.165, 1.54) is 18.9 Å². The highest BCUT2D eigenvalue weighted by molar-refractivity contribution is 5.79. The second-order valence-corrected chi connectivity index (χ2v) is 7.47. The van der Waals surface area contributed by atoms with E-state index in [4.69, 9.17) is 0 Å². The molecule has 4 atom stereocenters. The van der Waals surface area contributed by atoms with Crippen molar-refractivity contribution in [3.05, 3.63) is 33.4 Å². The minimum absolute atomic E-state index is 0.0788. The second-order valence-electron chi connectivity index (χ2n) is 7.47. The molecule has 2 N–H and O–H groups in total. The minimum Gasteiger partial charge on any atom is -0.353 e. The van der Waals surface area contributed by atoms with Crippen molar-refractivity contribution in [2.75, 3.05) is 0 Å². The van der Waals surface area contributed by atoms with Crippen molar-refractivity contribution >= 4 is 11.6 Å². The van der Waals surface area contributed by atoms with Crippen LogP contribution < -0.4 is 10.9 Å². The van der Waals surface area contributed by atoms with Crippen LogP contribution in [-0.2, 0) is 11.2 Å². The van der Waals surface area contributed by atoms with Gasteiger partial charge in [0.2, 0.25) is 5.91 Å². The van der Waals surface area contributed by atoms with Gasteiger partial charge in [0.25, 0.3) is 5.56 Å². The van der Waals surface area contributed by atoms with Crippen molar-refractivity contribution in [2.24, 2.45) is 23.7 Å². The lowest BCUT2D eigenvalue weighted by molar-refractivity contribution is -0.121. The molecule has 0 unspecified atom stereocenters. The van der Waals surface area contributed by atoms with Crippen LogP contribution in [0.1, 0.15) is 29.8 Å². The lowest BCUT2D eigenvalue weighted by atomic mass is 10.1. The van der Waals surface area contributed by atoms with Crippen LogP contribution in [-0.4, -0.2) is 26.5 Å². The number of nitrogens with zero attached hydrogens (tertiary/aromatic N) is 2. The Balaban J connectivity index is 1.40. The zero-order valence-electron chi connectivity index (χ0n) is 13.3. The first-order valence-corrected chi connectivity index (χ1v) is 8.40. The maximum atomic E-state index is 12.5. The molecule has 0 spiro atoms. The van der Waals surface area contributed by atoms with E-state index >= 15 is 0 Å². The fourth-order valence-corrected chi connectivity index (χ4v) is 4.82. The Morgan fingerprint density at radius 2 is 2.00 bits per heavy atom. The van der Waals surface area contributed by atoms with Gasteiger partial charge in [-0.05, 0) is 50.4 Å². The summed E-state index contributed by atoms with van der Waals surface area (Å²) in [7, 11) is 0. The number of aryl methyl sites for hydroxylation is 2. The Kier molecular flexibility index (Phi) is 2.46. The monoisotopic (exact) mass is 312 g/mol. The average Bonchev–Trinajstić information content (AvgIpc) is 3.37. The summed E-state index contributed by atoms with van der Waals surface area (Å²) in [5, 5.41) is 6.01. The van der Waals surface area contributed by atoms with E-state index < -0.39 is 0 Å². The third-order valence-corrected chi connectivity index (χ3v) is 6.12. The lowest BCUT2D eigenvalue weighted by Gasteiger charge is -2.17. The molecule has 3 aliphatic rings. The third-order valence-electron chi connectivity index (χ3n) is 6.12. The van der Waals surface area contributed by atoms with Gasteiger partial charge >= 0.3 is 0 Å². The highest BCUT2D eigenvalue weighted by atomic mass is 16.1. The van der Waals surface area contributed by atoms with Gasteiger partial charge in [0.1, 0.15) is 0 Å². The van der Waals surface area contributed by atoms with Crippen LogP contribution in [0.25, 0.3) is 5.65 Å². The summed E-state index contributed by atoms with van der Waals surface area (Å²) in [5.74, 6) is 3.36. The van der Waals surface area contributed by atoms with Crippen LogP contribution >= 0.6 is 0 Å². The van der Waals surface area contributed by atoms with Gasteiger partial charge in [-0.25, -0.2) is 9.50 Å². The van der Waals surface area contributed by atoms with E-state index in [0.29, 0.717) is 18.1 Å². The van der Waals surface area contributed by atoms with Gasteiger partial charge in [0, 0.05) is 29.1 Å². The molecule has 0 aliphatic heterocycles. The van der Waals surface area contributed by atoms with Gasteiger partial charge in [0.15, 0.2) is 5.65 Å². The number of H-pyrrole nitrogens is 1. The van der Waals surface area contributed by atoms with Crippen molar-refractivity contribution in [1.82, 2.24) is 19.9 Å². The first-order chi connectivity index (χ1) is 11.0. The molecule has 3 fully saturated rings. The number of aromatic amines is 1. The molecule has 1 amide bonds. The summed E-state index contributed by atoms with van der Waals surface area (Å²) in [4.78, 5) is 28.5. The molecule has 3 saturated carbocycles. The Morgan fingerprint density at radius 3 is 2.70 bits per heavy atom. The molecule has 5 rings (SSSR count). The topological polar surface area (TPSA) is 79.3 Å². The predicted molar refractivity (Wildman–Crippen MR) is 84.1 cm³/mol. The van der Waals surface area contributed by atoms with Gasteiger partial charge in [-0.15, -0.1) is 0 Å². The maximum Gasteiger partial charge on any atom is 0.266 e. The fraction of sp³-hybridized carbons (Fsp3) is 0.588. The summed E-state index contributed by atoms with van der Waals surface area (Å²) >= 11 is 0. The standard InChI is InChI=1S/C17H20N4O2/c1-7-9(8(2)21-14(18-7)6-16(23)20-21)5-15(22)19-17-12-3-10(12)11-4-13(11)17/h6,10-13,17H,3-5H2,1-2H3,(H,19,22)(H,20,23)/t10-,11-,12-,13-/m1/s1. The van der Waals surface area contributed by atoms with E-state index in [1.54, 1.807) is 4.52 Å². The Hall–Kier alpha value is -2.11. The van der Waals surface area contributed by atoms with E-state index in [1.807, 2.05) is 13.8 Å². The largest absolute Gasteiger partial charge is 0.353 e. The molecule has 3 aliphatic carbocycles. The summed E-state index contributed by atoms with van der Waals surface area (Å²) < 4.78 is 1.67. The van der Waals surface area contributed by atoms with Gasteiger partial charge in [-0.1, -0.05) is 0 Å². The molecule has 0 aromatic carbocycles. The van der Waals surface area contributed by atoms with E-state index in [-0.39, 0.29) is 11.5 Å². The van der Waals surface area contributed by atoms with Gasteiger partial charge in [-0.3, -0.25) is 14.7 Å². The zero-order valence-corrected chi connectivity index (χ0v) is 13.3. The number of rotatable bonds is 3. The lowest BCUT2D eigenvalue weighted by Crippen LogP contribution is -2.38. The summed E-state index contributed by atoms with van der Waals surface area (Å²) in [6, 6.07) is 1.88. The van der Waals surface area contributed by atoms with E-state index in [0.717, 1.165) is 40.6 Å². The normalized spacial score (nSPS) is 33.4. The van der Waals surface area contributed by atoms with Gasteiger partial charge < -0.3 is 5.32 Å². The highest BCUT2D eigenvalue weighted by Gasteiger charge is 2.67. The zero-order chi connectivity index (χ0) is 15.9. The number of hydrogen-bond donors (Lipinski definition) is 2. The molecule has 0 radical (unpaired) electrons. The minimum atomic E-state index is -0.174. The van der Waals surface area contributed by atoms with Crippen molar-refractivity contribution < 1.29 is 4.79 Å². The SMILES string of the molecule is Cc1nc2cc(=O)[nH]n2c(C)c1CC(=O)NC1[C@@H]2C[C@@H]2[C@H]2C[C@@H]12. The number of hydrogen-bond acceptors (Lipinski definition) is 3. The Bertz CT molecular complexity index is 880. The van der Waals surface area contributed by atoms with Crippen LogP contribution in [0.15, 0.2) is 10.9 Å². The molecule has 0 bridgehead atoms. The van der Waals surface area contributed by atoms with Gasteiger partial charge in [-0.2, -0.15) is 0 Å². The van der Waals surface area contributed by atoms with E-state index in [2.05, 4.69) is 15.4 Å². The maximum absolute atomic E-state index is 12.5. The van der Waals surface area contributed by atoms with Crippen LogP contribution in [0.4, 0.5) is 0 Å². The molecular formula is C17H20N4O2. The van der Waals surface area contributed by atoms with E-state index in [9.17, 15) is 9.59 Å². The Labute approximate surface area is 133 Å². The number of amides is 1. The number of carbonyl (C=O) groups is 1. The van der Waals surface area contributed by atoms with Crippen LogP contribution in [0.2, 0.25) is 0 Å². The molecular weight excluding hydrogens is 292 g/mol. The van der Waals surface area contributed by atoms with Crippen molar-refractivity contribution in [3.63, 3.8) is 0 Å². The predicted octanol–water partition coefficient (Wildman–Crippen LogP) is 0.953. The van der Waals surface area contributed by atoms with Crippen LogP contribution in [0.3, 0.4) is 0 Å². The molecule has 23 heavy (non-hydrogen) atoms. The van der Waals surface area contributed by atoms with Crippen LogP contribution in [0.5, 0.6) is 0 Å². The molecule has 6 heteroatoms. The number of fused-ring (bicyclic) bond motifs is 4. The van der Waals surface area contributed by atoms with Crippen LogP contribution in [0, 0.1) is 37.5 Å². The molecule has 2 heterocycles. The summed E-state index contributed by atoms with van der Waals surface area (Å²) in [6.45, 7) is 3.82. The number of carbonyl (C=O) groups excluding carboxylic acids is 1.